The molecule has 0 amide bonds. The van der Waals surface area contributed by atoms with Gasteiger partial charge in [-0.3, -0.25) is 0 Å². The molecule has 1 atom stereocenters. The van der Waals surface area contributed by atoms with Gasteiger partial charge in [-0.2, -0.15) is 11.3 Å². The Kier molecular flexibility index (Phi) is 6.08. The predicted molar refractivity (Wildman–Crippen MR) is 92.7 cm³/mol. The lowest BCUT2D eigenvalue weighted by Crippen LogP contribution is -2.27. The lowest BCUT2D eigenvalue weighted by Gasteiger charge is -2.16. The Morgan fingerprint density at radius 1 is 1.35 bits per heavy atom. The zero-order valence-corrected chi connectivity index (χ0v) is 15.4. The van der Waals surface area contributed by atoms with E-state index >= 15 is 0 Å². The van der Waals surface area contributed by atoms with E-state index in [1.165, 1.54) is 5.56 Å². The lowest BCUT2D eigenvalue weighted by molar-refractivity contribution is 0.403. The molecule has 2 rings (SSSR count). The van der Waals surface area contributed by atoms with Gasteiger partial charge in [-0.1, -0.05) is 15.9 Å². The number of rotatable bonds is 6. The van der Waals surface area contributed by atoms with Crippen LogP contribution in [0.5, 0.6) is 5.75 Å². The third-order valence-corrected chi connectivity index (χ3v) is 4.83. The summed E-state index contributed by atoms with van der Waals surface area (Å²) in [5.41, 5.74) is 2.53. The van der Waals surface area contributed by atoms with Crippen LogP contribution in [0, 0.1) is 0 Å². The van der Waals surface area contributed by atoms with E-state index in [0.717, 1.165) is 33.2 Å². The third-order valence-electron chi connectivity index (χ3n) is 3.05. The molecule has 0 spiro atoms. The second-order valence-electron chi connectivity index (χ2n) is 4.70. The normalized spacial score (nSPS) is 12.4. The Hall–Kier alpha value is -0.360. The third kappa shape index (κ3) is 4.32. The molecule has 1 heterocycles. The van der Waals surface area contributed by atoms with E-state index in [-0.39, 0.29) is 0 Å². The number of hydrogen-bond acceptors (Lipinski definition) is 3. The summed E-state index contributed by atoms with van der Waals surface area (Å²) in [4.78, 5) is 0. The van der Waals surface area contributed by atoms with Gasteiger partial charge >= 0.3 is 0 Å². The van der Waals surface area contributed by atoms with Crippen molar-refractivity contribution in [3.63, 3.8) is 0 Å². The Bertz CT molecular complexity index is 557. The number of ether oxygens (including phenoxy) is 1. The number of benzene rings is 1. The van der Waals surface area contributed by atoms with Crippen molar-refractivity contribution in [1.29, 1.82) is 0 Å². The minimum atomic E-state index is 0.423. The fourth-order valence-corrected chi connectivity index (χ4v) is 4.25. The van der Waals surface area contributed by atoms with E-state index in [4.69, 9.17) is 4.74 Å². The van der Waals surface area contributed by atoms with Crippen molar-refractivity contribution in [2.24, 2.45) is 0 Å². The average Bonchev–Trinajstić information content (AvgIpc) is 2.88. The molecular formula is C15H17Br2NOS. The second kappa shape index (κ2) is 7.59. The predicted octanol–water partition coefficient (Wildman–Crippen LogP) is 5.00. The SMILES string of the molecule is COc1c(Br)cc(Br)cc1CNC(C)Cc1ccsc1. The van der Waals surface area contributed by atoms with E-state index in [1.807, 2.05) is 6.07 Å². The Morgan fingerprint density at radius 2 is 2.15 bits per heavy atom. The van der Waals surface area contributed by atoms with Gasteiger partial charge in [0.25, 0.3) is 0 Å². The standard InChI is InChI=1S/C15H17Br2NOS/c1-10(5-11-3-4-20-9-11)18-8-12-6-13(16)7-14(17)15(12)19-2/h3-4,6-7,9-10,18H,5,8H2,1-2H3. The molecule has 0 saturated heterocycles. The van der Waals surface area contributed by atoms with Crippen LogP contribution in [0.15, 0.2) is 37.9 Å². The summed E-state index contributed by atoms with van der Waals surface area (Å²) in [5, 5.41) is 7.87. The molecular weight excluding hydrogens is 402 g/mol. The van der Waals surface area contributed by atoms with Crippen molar-refractivity contribution in [2.45, 2.75) is 25.9 Å². The molecule has 1 aromatic heterocycles. The van der Waals surface area contributed by atoms with Crippen LogP contribution in [0.25, 0.3) is 0 Å². The molecule has 0 saturated carbocycles. The Morgan fingerprint density at radius 3 is 2.80 bits per heavy atom. The van der Waals surface area contributed by atoms with Gasteiger partial charge in [0.15, 0.2) is 0 Å². The Balaban J connectivity index is 1.99. The molecule has 0 aliphatic carbocycles. The van der Waals surface area contributed by atoms with Gasteiger partial charge in [0.05, 0.1) is 11.6 Å². The highest BCUT2D eigenvalue weighted by molar-refractivity contribution is 9.11. The van der Waals surface area contributed by atoms with E-state index in [2.05, 4.69) is 67.0 Å². The zero-order chi connectivity index (χ0) is 14.5. The molecule has 2 aromatic rings. The van der Waals surface area contributed by atoms with E-state index in [9.17, 15) is 0 Å². The van der Waals surface area contributed by atoms with Crippen LogP contribution in [0.4, 0.5) is 0 Å². The zero-order valence-electron chi connectivity index (χ0n) is 11.5. The minimum Gasteiger partial charge on any atom is -0.495 e. The average molecular weight is 419 g/mol. The molecule has 5 heteroatoms. The molecule has 20 heavy (non-hydrogen) atoms. The summed E-state index contributed by atoms with van der Waals surface area (Å²) >= 11 is 8.80. The topological polar surface area (TPSA) is 21.3 Å². The van der Waals surface area contributed by atoms with Gasteiger partial charge in [0, 0.05) is 22.6 Å². The first-order valence-electron chi connectivity index (χ1n) is 6.36. The fraction of sp³-hybridized carbons (Fsp3) is 0.333. The first-order valence-corrected chi connectivity index (χ1v) is 8.89. The van der Waals surface area contributed by atoms with Crippen LogP contribution in [0.3, 0.4) is 0 Å². The highest BCUT2D eigenvalue weighted by Crippen LogP contribution is 2.32. The van der Waals surface area contributed by atoms with Crippen molar-refractivity contribution in [3.8, 4) is 5.75 Å². The van der Waals surface area contributed by atoms with E-state index in [1.54, 1.807) is 18.4 Å². The molecule has 1 N–H and O–H groups in total. The van der Waals surface area contributed by atoms with Gasteiger partial charge in [-0.25, -0.2) is 0 Å². The first-order chi connectivity index (χ1) is 9.60. The highest BCUT2D eigenvalue weighted by atomic mass is 79.9. The largest absolute Gasteiger partial charge is 0.495 e. The highest BCUT2D eigenvalue weighted by Gasteiger charge is 2.11. The van der Waals surface area contributed by atoms with Crippen LogP contribution in [0.1, 0.15) is 18.1 Å². The van der Waals surface area contributed by atoms with E-state index < -0.39 is 0 Å². The molecule has 2 nitrogen and oxygen atoms in total. The molecule has 0 aliphatic rings. The molecule has 0 bridgehead atoms. The molecule has 0 aliphatic heterocycles. The van der Waals surface area contributed by atoms with E-state index in [0.29, 0.717) is 6.04 Å². The van der Waals surface area contributed by atoms with Crippen molar-refractivity contribution in [1.82, 2.24) is 5.32 Å². The van der Waals surface area contributed by atoms with Gasteiger partial charge < -0.3 is 10.1 Å². The Labute approximate surface area is 140 Å². The second-order valence-corrected chi connectivity index (χ2v) is 7.25. The quantitative estimate of drug-likeness (QED) is 0.712. The van der Waals surface area contributed by atoms with Gasteiger partial charge in [0.2, 0.25) is 0 Å². The van der Waals surface area contributed by atoms with Gasteiger partial charge in [-0.05, 0) is 63.8 Å². The maximum absolute atomic E-state index is 5.46. The monoisotopic (exact) mass is 417 g/mol. The number of hydrogen-bond donors (Lipinski definition) is 1. The summed E-state index contributed by atoms with van der Waals surface area (Å²) in [6, 6.07) is 6.69. The van der Waals surface area contributed by atoms with Crippen molar-refractivity contribution >= 4 is 43.2 Å². The van der Waals surface area contributed by atoms with Crippen molar-refractivity contribution in [2.75, 3.05) is 7.11 Å². The maximum Gasteiger partial charge on any atom is 0.137 e. The van der Waals surface area contributed by atoms with Crippen LogP contribution >= 0.6 is 43.2 Å². The molecule has 108 valence electrons. The number of thiophene rings is 1. The van der Waals surface area contributed by atoms with Crippen LogP contribution in [0.2, 0.25) is 0 Å². The molecule has 0 radical (unpaired) electrons. The van der Waals surface area contributed by atoms with Crippen LogP contribution in [-0.2, 0) is 13.0 Å². The smallest absolute Gasteiger partial charge is 0.137 e. The summed E-state index contributed by atoms with van der Waals surface area (Å²) in [5.74, 6) is 0.892. The summed E-state index contributed by atoms with van der Waals surface area (Å²) in [6.45, 7) is 2.99. The van der Waals surface area contributed by atoms with Gasteiger partial charge in [-0.15, -0.1) is 0 Å². The summed E-state index contributed by atoms with van der Waals surface area (Å²) in [7, 11) is 1.70. The van der Waals surface area contributed by atoms with Gasteiger partial charge in [0.1, 0.15) is 5.75 Å². The number of methoxy groups -OCH3 is 1. The summed E-state index contributed by atoms with van der Waals surface area (Å²) < 4.78 is 7.48. The number of nitrogens with one attached hydrogen (secondary N) is 1. The minimum absolute atomic E-state index is 0.423. The molecule has 1 aromatic carbocycles. The molecule has 1 unspecified atom stereocenters. The molecule has 0 fully saturated rings. The van der Waals surface area contributed by atoms with Crippen LogP contribution < -0.4 is 10.1 Å². The fourth-order valence-electron chi connectivity index (χ4n) is 2.09. The maximum atomic E-state index is 5.46. The summed E-state index contributed by atoms with van der Waals surface area (Å²) in [6.07, 6.45) is 1.04. The van der Waals surface area contributed by atoms with Crippen molar-refractivity contribution in [3.05, 3.63) is 49.0 Å². The number of halogens is 2. The van der Waals surface area contributed by atoms with Crippen molar-refractivity contribution < 1.29 is 4.74 Å². The van der Waals surface area contributed by atoms with Crippen LogP contribution in [-0.4, -0.2) is 13.2 Å². The lowest BCUT2D eigenvalue weighted by atomic mass is 10.1. The first kappa shape index (κ1) is 16.0.